The zero-order valence-electron chi connectivity index (χ0n) is 17.7. The Kier molecular flexibility index (Phi) is 9.51. The molecule has 2 rings (SSSR count). The third-order valence-electron chi connectivity index (χ3n) is 5.74. The molecule has 1 saturated heterocycles. The lowest BCUT2D eigenvalue weighted by Crippen LogP contribution is -2.51. The number of carbonyl (C=O) groups excluding carboxylic acids is 4. The van der Waals surface area contributed by atoms with Gasteiger partial charge in [-0.2, -0.15) is 0 Å². The number of likely N-dealkylation sites (tertiary alicyclic amines) is 1. The first kappa shape index (κ1) is 24.1. The van der Waals surface area contributed by atoms with Crippen LogP contribution in [0.25, 0.3) is 0 Å². The number of alkyl carbamates (subject to hydrolysis) is 1. The Morgan fingerprint density at radius 2 is 1.93 bits per heavy atom. The topological polar surface area (TPSA) is 125 Å². The Morgan fingerprint density at radius 3 is 2.57 bits per heavy atom. The summed E-state index contributed by atoms with van der Waals surface area (Å²) in [7, 11) is 1.48. The Labute approximate surface area is 176 Å². The maximum absolute atomic E-state index is 13.2. The number of imide groups is 1. The summed E-state index contributed by atoms with van der Waals surface area (Å²) >= 11 is 0. The number of nitrogens with one attached hydrogen (secondary N) is 1. The summed E-state index contributed by atoms with van der Waals surface area (Å²) in [6.07, 6.45) is 4.77. The molecule has 10 heteroatoms. The second-order valence-electron chi connectivity index (χ2n) is 8.16. The second-order valence-corrected chi connectivity index (χ2v) is 8.16. The zero-order chi connectivity index (χ0) is 22.1. The van der Waals surface area contributed by atoms with E-state index in [9.17, 15) is 24.4 Å². The van der Waals surface area contributed by atoms with Gasteiger partial charge < -0.3 is 14.4 Å². The molecule has 10 nitrogen and oxygen atoms in total. The molecule has 2 N–H and O–H groups in total. The number of methoxy groups -OCH3 is 1. The summed E-state index contributed by atoms with van der Waals surface area (Å²) < 4.78 is 9.93. The molecule has 1 aliphatic carbocycles. The highest BCUT2D eigenvalue weighted by atomic mass is 16.6. The smallest absolute Gasteiger partial charge is 0.414 e. The summed E-state index contributed by atoms with van der Waals surface area (Å²) in [6, 6.07) is -0.780. The molecule has 2 aliphatic rings. The maximum Gasteiger partial charge on any atom is 0.414 e. The number of carbonyl (C=O) groups is 4. The van der Waals surface area contributed by atoms with Gasteiger partial charge in [-0.3, -0.25) is 24.9 Å². The number of hydroxylamine groups is 2. The van der Waals surface area contributed by atoms with Gasteiger partial charge >= 0.3 is 6.09 Å². The van der Waals surface area contributed by atoms with Gasteiger partial charge in [0.05, 0.1) is 19.1 Å². The standard InChI is InChI=1S/C20H33N3O7/c1-14(12-29-2)30-20(27)21-18(25)17-8-5-9-23(17)19(26)16(11-22(28)13-24)10-15-6-3-4-7-15/h13-17,28H,3-12H2,1-2H3,(H,21,25,27)/t14-,16?,17+/m1/s1. The molecule has 170 valence electrons. The van der Waals surface area contributed by atoms with Crippen LogP contribution in [0.4, 0.5) is 4.79 Å². The highest BCUT2D eigenvalue weighted by Gasteiger charge is 2.39. The number of amides is 4. The van der Waals surface area contributed by atoms with Crippen LogP contribution in [0.2, 0.25) is 0 Å². The fourth-order valence-electron chi connectivity index (χ4n) is 4.37. The lowest BCUT2D eigenvalue weighted by molar-refractivity contribution is -0.158. The third-order valence-corrected chi connectivity index (χ3v) is 5.74. The van der Waals surface area contributed by atoms with Gasteiger partial charge in [-0.1, -0.05) is 25.7 Å². The number of rotatable bonds is 10. The normalized spacial score (nSPS) is 21.2. The van der Waals surface area contributed by atoms with Crippen molar-refractivity contribution < 1.29 is 33.9 Å². The van der Waals surface area contributed by atoms with Crippen LogP contribution in [0.1, 0.15) is 51.9 Å². The highest BCUT2D eigenvalue weighted by Crippen LogP contribution is 2.32. The van der Waals surface area contributed by atoms with Gasteiger partial charge in [0, 0.05) is 13.7 Å². The predicted molar refractivity (Wildman–Crippen MR) is 105 cm³/mol. The molecule has 4 amide bonds. The molecule has 2 fully saturated rings. The monoisotopic (exact) mass is 427 g/mol. The van der Waals surface area contributed by atoms with Gasteiger partial charge in [0.1, 0.15) is 12.1 Å². The van der Waals surface area contributed by atoms with E-state index in [-0.39, 0.29) is 25.5 Å². The second kappa shape index (κ2) is 11.8. The molecular formula is C20H33N3O7. The van der Waals surface area contributed by atoms with Crippen molar-refractivity contribution in [3.05, 3.63) is 0 Å². The molecule has 1 unspecified atom stereocenters. The molecule has 1 aliphatic heterocycles. The predicted octanol–water partition coefficient (Wildman–Crippen LogP) is 1.31. The fraction of sp³-hybridized carbons (Fsp3) is 0.800. The Balaban J connectivity index is 2.00. The molecule has 0 aromatic carbocycles. The summed E-state index contributed by atoms with van der Waals surface area (Å²) in [5.74, 6) is -1.09. The Hall–Kier alpha value is -2.20. The van der Waals surface area contributed by atoms with E-state index in [2.05, 4.69) is 5.32 Å². The molecule has 1 saturated carbocycles. The van der Waals surface area contributed by atoms with E-state index < -0.39 is 30.1 Å². The van der Waals surface area contributed by atoms with Crippen molar-refractivity contribution in [1.82, 2.24) is 15.3 Å². The van der Waals surface area contributed by atoms with Gasteiger partial charge in [0.15, 0.2) is 0 Å². The van der Waals surface area contributed by atoms with Gasteiger partial charge in [-0.15, -0.1) is 0 Å². The molecule has 0 aromatic rings. The number of hydrogen-bond donors (Lipinski definition) is 2. The van der Waals surface area contributed by atoms with Crippen molar-refractivity contribution in [3.8, 4) is 0 Å². The fourth-order valence-corrected chi connectivity index (χ4v) is 4.37. The van der Waals surface area contributed by atoms with E-state index >= 15 is 0 Å². The molecule has 0 bridgehead atoms. The Bertz CT molecular complexity index is 609. The molecule has 0 radical (unpaired) electrons. The molecular weight excluding hydrogens is 394 g/mol. The van der Waals surface area contributed by atoms with Crippen LogP contribution in [-0.4, -0.2) is 78.4 Å². The van der Waals surface area contributed by atoms with Crippen LogP contribution in [0, 0.1) is 11.8 Å². The van der Waals surface area contributed by atoms with E-state index in [1.54, 1.807) is 6.92 Å². The van der Waals surface area contributed by atoms with Crippen molar-refractivity contribution in [1.29, 1.82) is 0 Å². The first-order chi connectivity index (χ1) is 14.3. The van der Waals surface area contributed by atoms with Crippen molar-refractivity contribution in [2.45, 2.75) is 64.0 Å². The molecule has 0 spiro atoms. The Morgan fingerprint density at radius 1 is 1.23 bits per heavy atom. The first-order valence-electron chi connectivity index (χ1n) is 10.6. The summed E-state index contributed by atoms with van der Waals surface area (Å²) in [6.45, 7) is 2.12. The van der Waals surface area contributed by atoms with Crippen LogP contribution in [0.3, 0.4) is 0 Å². The van der Waals surface area contributed by atoms with Crippen LogP contribution < -0.4 is 5.32 Å². The van der Waals surface area contributed by atoms with Gasteiger partial charge in [0.2, 0.25) is 12.3 Å². The van der Waals surface area contributed by atoms with Crippen molar-refractivity contribution in [2.24, 2.45) is 11.8 Å². The largest absolute Gasteiger partial charge is 0.444 e. The minimum atomic E-state index is -0.881. The van der Waals surface area contributed by atoms with E-state index in [0.717, 1.165) is 25.7 Å². The number of nitrogens with zero attached hydrogens (tertiary/aromatic N) is 2. The lowest BCUT2D eigenvalue weighted by Gasteiger charge is -2.30. The maximum atomic E-state index is 13.2. The van der Waals surface area contributed by atoms with E-state index in [1.165, 1.54) is 12.0 Å². The number of ether oxygens (including phenoxy) is 2. The summed E-state index contributed by atoms with van der Waals surface area (Å²) in [5, 5.41) is 12.3. The van der Waals surface area contributed by atoms with Crippen LogP contribution in [-0.2, 0) is 23.9 Å². The molecule has 0 aromatic heterocycles. The quantitative estimate of drug-likeness (QED) is 0.306. The van der Waals surface area contributed by atoms with Crippen molar-refractivity contribution in [3.63, 3.8) is 0 Å². The van der Waals surface area contributed by atoms with Crippen molar-refractivity contribution in [2.75, 3.05) is 26.8 Å². The SMILES string of the molecule is COC[C@@H](C)OC(=O)NC(=O)[C@@H]1CCCN1C(=O)C(CC1CCCC1)CN(O)C=O. The minimum absolute atomic E-state index is 0.111. The lowest BCUT2D eigenvalue weighted by atomic mass is 9.91. The van der Waals surface area contributed by atoms with E-state index in [1.807, 2.05) is 0 Å². The number of hydrogen-bond acceptors (Lipinski definition) is 7. The molecule has 1 heterocycles. The zero-order valence-corrected chi connectivity index (χ0v) is 17.7. The average Bonchev–Trinajstić information content (AvgIpc) is 3.38. The first-order valence-corrected chi connectivity index (χ1v) is 10.6. The highest BCUT2D eigenvalue weighted by molar-refractivity contribution is 5.97. The molecule has 30 heavy (non-hydrogen) atoms. The van der Waals surface area contributed by atoms with Gasteiger partial charge in [-0.25, -0.2) is 9.86 Å². The van der Waals surface area contributed by atoms with E-state index in [4.69, 9.17) is 9.47 Å². The van der Waals surface area contributed by atoms with E-state index in [0.29, 0.717) is 36.8 Å². The van der Waals surface area contributed by atoms with Gasteiger partial charge in [0.25, 0.3) is 5.91 Å². The van der Waals surface area contributed by atoms with Gasteiger partial charge in [-0.05, 0) is 32.1 Å². The van der Waals surface area contributed by atoms with Crippen LogP contribution >= 0.6 is 0 Å². The van der Waals surface area contributed by atoms with Crippen LogP contribution in [0.5, 0.6) is 0 Å². The third kappa shape index (κ3) is 6.94. The average molecular weight is 427 g/mol. The summed E-state index contributed by atoms with van der Waals surface area (Å²) in [4.78, 5) is 50.1. The molecule has 3 atom stereocenters. The minimum Gasteiger partial charge on any atom is -0.444 e. The van der Waals surface area contributed by atoms with Crippen LogP contribution in [0.15, 0.2) is 0 Å². The van der Waals surface area contributed by atoms with Crippen molar-refractivity contribution >= 4 is 24.3 Å². The summed E-state index contributed by atoms with van der Waals surface area (Å²) in [5.41, 5.74) is 0.